The maximum atomic E-state index is 11.1. The molecule has 0 aliphatic rings. The van der Waals surface area contributed by atoms with E-state index in [1.165, 1.54) is 12.1 Å². The Labute approximate surface area is 116 Å². The first-order valence-corrected chi connectivity index (χ1v) is 7.94. The summed E-state index contributed by atoms with van der Waals surface area (Å²) in [6, 6.07) is 2.70. The highest BCUT2D eigenvalue weighted by Crippen LogP contribution is 2.36. The van der Waals surface area contributed by atoms with Gasteiger partial charge < -0.3 is 24.4 Å². The molecule has 0 fully saturated rings. The molecule has 0 unspecified atom stereocenters. The third-order valence-electron chi connectivity index (χ3n) is 2.83. The van der Waals surface area contributed by atoms with Crippen molar-refractivity contribution in [1.82, 2.24) is 4.98 Å². The molecule has 0 spiro atoms. The van der Waals surface area contributed by atoms with Crippen molar-refractivity contribution >= 4 is 19.1 Å². The molecule has 0 saturated carbocycles. The number of hydrogen-bond donors (Lipinski definition) is 3. The predicted octanol–water partition coefficient (Wildman–Crippen LogP) is 2.05. The van der Waals surface area contributed by atoms with E-state index in [1.54, 1.807) is 0 Å². The fraction of sp³-hybridized carbons (Fsp3) is 0.417. The Morgan fingerprint density at radius 1 is 1.30 bits per heavy atom. The van der Waals surface area contributed by atoms with Crippen LogP contribution in [0, 0.1) is 0 Å². The number of rotatable bonds is 6. The lowest BCUT2D eigenvalue weighted by Crippen LogP contribution is -1.98. The van der Waals surface area contributed by atoms with Crippen molar-refractivity contribution in [2.45, 2.75) is 32.6 Å². The molecule has 0 saturated heterocycles. The summed E-state index contributed by atoms with van der Waals surface area (Å²) in [6.45, 7) is 2.09. The number of aryl methyl sites for hydroxylation is 1. The number of hydrogen-bond acceptors (Lipinski definition) is 5. The Kier molecular flexibility index (Phi) is 4.32. The summed E-state index contributed by atoms with van der Waals surface area (Å²) < 4.78 is 21.6. The van der Waals surface area contributed by atoms with Crippen LogP contribution < -0.4 is 11.2 Å². The van der Waals surface area contributed by atoms with Crippen LogP contribution in [0.3, 0.4) is 0 Å². The zero-order valence-electron chi connectivity index (χ0n) is 11.1. The van der Waals surface area contributed by atoms with Crippen LogP contribution in [0.25, 0.3) is 11.5 Å². The van der Waals surface area contributed by atoms with Gasteiger partial charge in [-0.2, -0.15) is 4.98 Å². The summed E-state index contributed by atoms with van der Waals surface area (Å²) in [5.41, 5.74) is 5.55. The van der Waals surface area contributed by atoms with Crippen molar-refractivity contribution in [3.8, 4) is 11.5 Å². The number of furan rings is 1. The van der Waals surface area contributed by atoms with E-state index in [1.807, 2.05) is 0 Å². The normalized spacial score (nSPS) is 11.9. The van der Waals surface area contributed by atoms with Gasteiger partial charge in [0.1, 0.15) is 11.5 Å². The molecule has 0 aliphatic heterocycles. The number of anilines is 1. The lowest BCUT2D eigenvalue weighted by atomic mass is 10.1. The Morgan fingerprint density at radius 3 is 2.65 bits per heavy atom. The minimum absolute atomic E-state index is 0.0145. The molecule has 0 bridgehead atoms. The molecule has 2 aromatic rings. The van der Waals surface area contributed by atoms with Crippen molar-refractivity contribution in [3.63, 3.8) is 0 Å². The first-order chi connectivity index (χ1) is 9.41. The molecule has 110 valence electrons. The van der Waals surface area contributed by atoms with Crippen molar-refractivity contribution in [3.05, 3.63) is 17.9 Å². The highest BCUT2D eigenvalue weighted by Gasteiger charge is 2.24. The molecule has 2 heterocycles. The van der Waals surface area contributed by atoms with Gasteiger partial charge in [-0.3, -0.25) is 4.57 Å². The number of oxazole rings is 1. The number of unbranched alkanes of at least 4 members (excludes halogenated alkanes) is 2. The minimum Gasteiger partial charge on any atom is -0.446 e. The zero-order chi connectivity index (χ0) is 14.8. The monoisotopic (exact) mass is 300 g/mol. The van der Waals surface area contributed by atoms with Gasteiger partial charge in [0.05, 0.1) is 0 Å². The molecular formula is C12H17N2O5P. The van der Waals surface area contributed by atoms with E-state index in [-0.39, 0.29) is 11.8 Å². The maximum absolute atomic E-state index is 11.1. The lowest BCUT2D eigenvalue weighted by Gasteiger charge is -1.99. The van der Waals surface area contributed by atoms with E-state index < -0.39 is 13.1 Å². The van der Waals surface area contributed by atoms with E-state index in [4.69, 9.17) is 24.4 Å². The van der Waals surface area contributed by atoms with Gasteiger partial charge >= 0.3 is 7.60 Å². The molecule has 2 aromatic heterocycles. The average Bonchev–Trinajstić information content (AvgIpc) is 2.95. The van der Waals surface area contributed by atoms with Gasteiger partial charge in [-0.25, -0.2) is 0 Å². The Morgan fingerprint density at radius 2 is 2.05 bits per heavy atom. The van der Waals surface area contributed by atoms with E-state index in [0.717, 1.165) is 19.3 Å². The van der Waals surface area contributed by atoms with Crippen LogP contribution in [0.5, 0.6) is 0 Å². The van der Waals surface area contributed by atoms with E-state index in [0.29, 0.717) is 17.9 Å². The third-order valence-corrected chi connectivity index (χ3v) is 3.65. The molecule has 0 atom stereocenters. The summed E-state index contributed by atoms with van der Waals surface area (Å²) in [7, 11) is -4.41. The topological polar surface area (TPSA) is 123 Å². The SMILES string of the molecule is CCCCCc1oc(N)nc1-c1ccc(P(=O)(O)O)o1. The van der Waals surface area contributed by atoms with Crippen molar-refractivity contribution < 1.29 is 23.2 Å². The predicted molar refractivity (Wildman–Crippen MR) is 73.5 cm³/mol. The fourth-order valence-corrected chi connectivity index (χ4v) is 2.36. The number of nitrogens with zero attached hydrogens (tertiary/aromatic N) is 1. The standard InChI is InChI=1S/C12H17N2O5P/c1-2-3-4-5-8-11(14-12(13)19-8)9-6-7-10(18-9)20(15,16)17/h6-7H,2-5H2,1H3,(H2,13,14)(H2,15,16,17). The molecule has 7 nitrogen and oxygen atoms in total. The molecule has 4 N–H and O–H groups in total. The van der Waals surface area contributed by atoms with Gasteiger partial charge in [0, 0.05) is 6.42 Å². The molecule has 2 rings (SSSR count). The number of nitrogens with two attached hydrogens (primary N) is 1. The van der Waals surface area contributed by atoms with Crippen molar-refractivity contribution in [2.75, 3.05) is 5.73 Å². The number of nitrogen functional groups attached to an aromatic ring is 1. The molecule has 0 radical (unpaired) electrons. The molecular weight excluding hydrogens is 283 g/mol. The summed E-state index contributed by atoms with van der Waals surface area (Å²) in [4.78, 5) is 22.1. The van der Waals surface area contributed by atoms with Crippen LogP contribution in [0.2, 0.25) is 0 Å². The second-order valence-electron chi connectivity index (χ2n) is 4.46. The van der Waals surface area contributed by atoms with Crippen LogP contribution in [-0.2, 0) is 11.0 Å². The third kappa shape index (κ3) is 3.30. The first-order valence-electron chi connectivity index (χ1n) is 6.33. The molecule has 0 amide bonds. The first kappa shape index (κ1) is 14.8. The Hall–Kier alpha value is -1.56. The van der Waals surface area contributed by atoms with Crippen LogP contribution in [0.4, 0.5) is 6.01 Å². The second kappa shape index (κ2) is 5.83. The van der Waals surface area contributed by atoms with Crippen molar-refractivity contribution in [2.24, 2.45) is 0 Å². The summed E-state index contributed by atoms with van der Waals surface area (Å²) in [5.74, 6) is 0.817. The van der Waals surface area contributed by atoms with Crippen molar-refractivity contribution in [1.29, 1.82) is 0 Å². The molecule has 20 heavy (non-hydrogen) atoms. The second-order valence-corrected chi connectivity index (χ2v) is 5.99. The van der Waals surface area contributed by atoms with Gasteiger partial charge in [0.15, 0.2) is 5.76 Å². The van der Waals surface area contributed by atoms with E-state index in [9.17, 15) is 4.57 Å². The summed E-state index contributed by atoms with van der Waals surface area (Å²) >= 11 is 0. The van der Waals surface area contributed by atoms with Gasteiger partial charge in [0.2, 0.25) is 5.50 Å². The lowest BCUT2D eigenvalue weighted by molar-refractivity contribution is 0.377. The largest absolute Gasteiger partial charge is 0.446 e. The van der Waals surface area contributed by atoms with Gasteiger partial charge in [-0.1, -0.05) is 19.8 Å². The van der Waals surface area contributed by atoms with E-state index >= 15 is 0 Å². The summed E-state index contributed by atoms with van der Waals surface area (Å²) in [6.07, 6.45) is 3.69. The molecule has 8 heteroatoms. The highest BCUT2D eigenvalue weighted by molar-refractivity contribution is 7.59. The smallest absolute Gasteiger partial charge is 0.391 e. The Bertz CT molecular complexity index is 628. The van der Waals surface area contributed by atoms with Crippen LogP contribution in [0.15, 0.2) is 21.0 Å². The minimum atomic E-state index is -4.41. The van der Waals surface area contributed by atoms with Crippen LogP contribution in [0.1, 0.15) is 31.9 Å². The number of aromatic nitrogens is 1. The van der Waals surface area contributed by atoms with Crippen LogP contribution in [-0.4, -0.2) is 14.8 Å². The fourth-order valence-electron chi connectivity index (χ4n) is 1.88. The zero-order valence-corrected chi connectivity index (χ0v) is 12.0. The van der Waals surface area contributed by atoms with Gasteiger partial charge in [0.25, 0.3) is 6.01 Å². The van der Waals surface area contributed by atoms with Gasteiger partial charge in [-0.05, 0) is 18.6 Å². The average molecular weight is 300 g/mol. The quantitative estimate of drug-likeness (QED) is 0.551. The Balaban J connectivity index is 2.28. The molecule has 0 aromatic carbocycles. The summed E-state index contributed by atoms with van der Waals surface area (Å²) in [5, 5.41) is 0. The molecule has 0 aliphatic carbocycles. The van der Waals surface area contributed by atoms with Crippen LogP contribution >= 0.6 is 7.60 Å². The van der Waals surface area contributed by atoms with Gasteiger partial charge in [-0.15, -0.1) is 0 Å². The highest BCUT2D eigenvalue weighted by atomic mass is 31.2. The maximum Gasteiger partial charge on any atom is 0.391 e. The van der Waals surface area contributed by atoms with E-state index in [2.05, 4.69) is 11.9 Å².